The van der Waals surface area contributed by atoms with E-state index in [2.05, 4.69) is 20.7 Å². The molecule has 1 aliphatic heterocycles. The third kappa shape index (κ3) is 2.57. The van der Waals surface area contributed by atoms with Crippen LogP contribution in [0.5, 0.6) is 0 Å². The average molecular weight is 299 g/mol. The Labute approximate surface area is 127 Å². The van der Waals surface area contributed by atoms with Crippen LogP contribution in [-0.4, -0.2) is 26.6 Å². The van der Waals surface area contributed by atoms with E-state index in [1.807, 2.05) is 32.0 Å². The van der Waals surface area contributed by atoms with Gasteiger partial charge in [-0.3, -0.25) is 14.9 Å². The molecule has 1 unspecified atom stereocenters. The molecule has 2 aromatic rings. The van der Waals surface area contributed by atoms with Crippen molar-refractivity contribution in [2.75, 3.05) is 10.6 Å². The van der Waals surface area contributed by atoms with E-state index >= 15 is 0 Å². The normalized spacial score (nSPS) is 16.3. The van der Waals surface area contributed by atoms with Gasteiger partial charge in [0.2, 0.25) is 11.9 Å². The van der Waals surface area contributed by atoms with E-state index in [0.717, 1.165) is 16.8 Å². The fraction of sp³-hybridized carbons (Fsp3) is 0.333. The van der Waals surface area contributed by atoms with Crippen molar-refractivity contribution >= 4 is 23.5 Å². The third-order valence-electron chi connectivity index (χ3n) is 3.60. The molecule has 1 atom stereocenters. The molecule has 0 spiro atoms. The number of nitrogens with zero attached hydrogens (tertiary/aromatic N) is 3. The smallest absolute Gasteiger partial charge is 0.252 e. The highest BCUT2D eigenvalue weighted by molar-refractivity contribution is 6.01. The average Bonchev–Trinajstić information content (AvgIpc) is 2.91. The number of carbonyl (C=O) groups excluding carboxylic acids is 2. The number of hydrogen-bond donors (Lipinski definition) is 2. The van der Waals surface area contributed by atoms with E-state index in [1.165, 1.54) is 4.68 Å². The lowest BCUT2D eigenvalue weighted by molar-refractivity contribution is -0.123. The van der Waals surface area contributed by atoms with Gasteiger partial charge in [0.05, 0.1) is 6.42 Å². The molecule has 3 rings (SSSR count). The fourth-order valence-electron chi connectivity index (χ4n) is 2.55. The molecule has 0 saturated heterocycles. The SMILES string of the molecule is Cc1ccc(NC(=O)CC2C(=O)Nc3nc(C)nn32)c(C)c1. The van der Waals surface area contributed by atoms with Gasteiger partial charge in [-0.1, -0.05) is 17.7 Å². The second-order valence-electron chi connectivity index (χ2n) is 5.50. The quantitative estimate of drug-likeness (QED) is 0.903. The molecule has 7 nitrogen and oxygen atoms in total. The lowest BCUT2D eigenvalue weighted by Crippen LogP contribution is -2.24. The number of aryl methyl sites for hydroxylation is 3. The highest BCUT2D eigenvalue weighted by atomic mass is 16.2. The Balaban J connectivity index is 1.73. The summed E-state index contributed by atoms with van der Waals surface area (Å²) in [4.78, 5) is 28.2. The van der Waals surface area contributed by atoms with Crippen molar-refractivity contribution in [1.29, 1.82) is 0 Å². The standard InChI is InChI=1S/C15H17N5O2/c1-8-4-5-11(9(2)6-8)17-13(21)7-12-14(22)18-15-16-10(3)19-20(12)15/h4-6,12H,7H2,1-3H3,(H,17,21)(H,16,18,19,22). The van der Waals surface area contributed by atoms with Gasteiger partial charge in [-0.25, -0.2) is 4.68 Å². The van der Waals surface area contributed by atoms with Gasteiger partial charge in [0.1, 0.15) is 11.9 Å². The first-order valence-corrected chi connectivity index (χ1v) is 7.05. The summed E-state index contributed by atoms with van der Waals surface area (Å²) in [7, 11) is 0. The number of aromatic nitrogens is 3. The number of nitrogens with one attached hydrogen (secondary N) is 2. The predicted octanol–water partition coefficient (Wildman–Crippen LogP) is 1.73. The number of rotatable bonds is 3. The summed E-state index contributed by atoms with van der Waals surface area (Å²) in [5.74, 6) is 0.473. The van der Waals surface area contributed by atoms with Crippen molar-refractivity contribution in [2.45, 2.75) is 33.2 Å². The maximum Gasteiger partial charge on any atom is 0.252 e. The van der Waals surface area contributed by atoms with Crippen molar-refractivity contribution in [3.05, 3.63) is 35.2 Å². The van der Waals surface area contributed by atoms with Gasteiger partial charge >= 0.3 is 0 Å². The molecule has 0 fully saturated rings. The molecule has 1 aromatic carbocycles. The van der Waals surface area contributed by atoms with Gasteiger partial charge in [0, 0.05) is 5.69 Å². The van der Waals surface area contributed by atoms with Crippen molar-refractivity contribution in [3.63, 3.8) is 0 Å². The number of benzene rings is 1. The van der Waals surface area contributed by atoms with Crippen LogP contribution in [0.4, 0.5) is 11.6 Å². The zero-order valence-corrected chi connectivity index (χ0v) is 12.7. The topological polar surface area (TPSA) is 88.9 Å². The summed E-state index contributed by atoms with van der Waals surface area (Å²) >= 11 is 0. The molecule has 22 heavy (non-hydrogen) atoms. The third-order valence-corrected chi connectivity index (χ3v) is 3.60. The minimum Gasteiger partial charge on any atom is -0.326 e. The molecule has 0 radical (unpaired) electrons. The number of anilines is 2. The Morgan fingerprint density at radius 3 is 2.86 bits per heavy atom. The molecular weight excluding hydrogens is 282 g/mol. The summed E-state index contributed by atoms with van der Waals surface area (Å²) in [5, 5.41) is 9.62. The number of hydrogen-bond acceptors (Lipinski definition) is 4. The van der Waals surface area contributed by atoms with Crippen molar-refractivity contribution in [2.24, 2.45) is 0 Å². The van der Waals surface area contributed by atoms with Gasteiger partial charge in [-0.15, -0.1) is 0 Å². The summed E-state index contributed by atoms with van der Waals surface area (Å²) in [5.41, 5.74) is 2.87. The van der Waals surface area contributed by atoms with Crippen LogP contribution in [0, 0.1) is 20.8 Å². The summed E-state index contributed by atoms with van der Waals surface area (Å²) in [6.07, 6.45) is 0.0228. The minimum atomic E-state index is -0.651. The van der Waals surface area contributed by atoms with Crippen molar-refractivity contribution in [3.8, 4) is 0 Å². The molecule has 0 bridgehead atoms. The Hall–Kier alpha value is -2.70. The van der Waals surface area contributed by atoms with Gasteiger partial charge in [0.15, 0.2) is 0 Å². The Kier molecular flexibility index (Phi) is 3.40. The first-order valence-electron chi connectivity index (χ1n) is 7.05. The van der Waals surface area contributed by atoms with Crippen LogP contribution in [-0.2, 0) is 9.59 Å². The number of carbonyl (C=O) groups is 2. The van der Waals surface area contributed by atoms with Crippen LogP contribution in [0.1, 0.15) is 29.4 Å². The van der Waals surface area contributed by atoms with Crippen LogP contribution >= 0.6 is 0 Å². The summed E-state index contributed by atoms with van der Waals surface area (Å²) in [6.45, 7) is 5.67. The largest absolute Gasteiger partial charge is 0.326 e. The first-order chi connectivity index (χ1) is 10.4. The van der Waals surface area contributed by atoms with Gasteiger partial charge in [0.25, 0.3) is 5.91 Å². The zero-order chi connectivity index (χ0) is 15.9. The van der Waals surface area contributed by atoms with Gasteiger partial charge < -0.3 is 5.32 Å². The summed E-state index contributed by atoms with van der Waals surface area (Å²) in [6, 6.07) is 5.14. The van der Waals surface area contributed by atoms with Crippen LogP contribution in [0.15, 0.2) is 18.2 Å². The maximum atomic E-state index is 12.2. The minimum absolute atomic E-state index is 0.0228. The van der Waals surface area contributed by atoms with E-state index < -0.39 is 6.04 Å². The molecule has 0 saturated carbocycles. The molecule has 2 N–H and O–H groups in total. The highest BCUT2D eigenvalue weighted by Gasteiger charge is 2.34. The zero-order valence-electron chi connectivity index (χ0n) is 12.7. The van der Waals surface area contributed by atoms with Crippen LogP contribution in [0.25, 0.3) is 0 Å². The summed E-state index contributed by atoms with van der Waals surface area (Å²) < 4.78 is 1.47. The van der Waals surface area contributed by atoms with E-state index in [4.69, 9.17) is 0 Å². The second kappa shape index (κ2) is 5.25. The lowest BCUT2D eigenvalue weighted by Gasteiger charge is -2.11. The van der Waals surface area contributed by atoms with E-state index in [-0.39, 0.29) is 18.2 Å². The highest BCUT2D eigenvalue weighted by Crippen LogP contribution is 2.25. The molecule has 114 valence electrons. The molecule has 2 heterocycles. The van der Waals surface area contributed by atoms with E-state index in [1.54, 1.807) is 6.92 Å². The van der Waals surface area contributed by atoms with E-state index in [0.29, 0.717) is 11.8 Å². The second-order valence-corrected chi connectivity index (χ2v) is 5.50. The Morgan fingerprint density at radius 1 is 1.36 bits per heavy atom. The number of amides is 2. The van der Waals surface area contributed by atoms with Crippen LogP contribution in [0.3, 0.4) is 0 Å². The van der Waals surface area contributed by atoms with Gasteiger partial charge in [-0.2, -0.15) is 10.1 Å². The van der Waals surface area contributed by atoms with Gasteiger partial charge in [-0.05, 0) is 32.4 Å². The number of fused-ring (bicyclic) bond motifs is 1. The first kappa shape index (κ1) is 14.2. The monoisotopic (exact) mass is 299 g/mol. The molecule has 1 aromatic heterocycles. The maximum absolute atomic E-state index is 12.2. The van der Waals surface area contributed by atoms with Crippen molar-refractivity contribution < 1.29 is 9.59 Å². The molecule has 2 amide bonds. The van der Waals surface area contributed by atoms with E-state index in [9.17, 15) is 9.59 Å². The lowest BCUT2D eigenvalue weighted by atomic mass is 10.1. The molecular formula is C15H17N5O2. The molecule has 0 aliphatic carbocycles. The van der Waals surface area contributed by atoms with Crippen LogP contribution < -0.4 is 10.6 Å². The van der Waals surface area contributed by atoms with Crippen molar-refractivity contribution in [1.82, 2.24) is 14.8 Å². The molecule has 1 aliphatic rings. The van der Waals surface area contributed by atoms with Crippen LogP contribution in [0.2, 0.25) is 0 Å². The predicted molar refractivity (Wildman–Crippen MR) is 81.6 cm³/mol. The Bertz CT molecular complexity index is 765. The molecule has 7 heteroatoms. The Morgan fingerprint density at radius 2 is 2.14 bits per heavy atom. The fourth-order valence-corrected chi connectivity index (χ4v) is 2.55.